The zero-order chi connectivity index (χ0) is 18.2. The molecular formula is C19H22FN3O2. The zero-order valence-electron chi connectivity index (χ0n) is 14.1. The maximum absolute atomic E-state index is 14.7. The Labute approximate surface area is 147 Å². The van der Waals surface area contributed by atoms with E-state index in [2.05, 4.69) is 6.07 Å². The number of rotatable bonds is 7. The van der Waals surface area contributed by atoms with Crippen LogP contribution in [0.2, 0.25) is 0 Å². The molecule has 3 unspecified atom stereocenters. The van der Waals surface area contributed by atoms with Crippen molar-refractivity contribution >= 4 is 6.29 Å². The second-order valence-corrected chi connectivity index (χ2v) is 5.81. The lowest BCUT2D eigenvalue weighted by molar-refractivity contribution is -0.104. The van der Waals surface area contributed by atoms with Gasteiger partial charge in [0.1, 0.15) is 18.6 Å². The average Bonchev–Trinajstić information content (AvgIpc) is 2.67. The first-order chi connectivity index (χ1) is 12.1. The fourth-order valence-corrected chi connectivity index (χ4v) is 2.51. The van der Waals surface area contributed by atoms with E-state index in [1.165, 1.54) is 11.1 Å². The first-order valence-corrected chi connectivity index (χ1v) is 8.23. The molecule has 0 saturated carbocycles. The Morgan fingerprint density at radius 2 is 2.36 bits per heavy atom. The van der Waals surface area contributed by atoms with Crippen LogP contribution in [0.3, 0.4) is 0 Å². The van der Waals surface area contributed by atoms with E-state index in [1.807, 2.05) is 6.92 Å². The summed E-state index contributed by atoms with van der Waals surface area (Å²) in [5.74, 6) is 5.81. The van der Waals surface area contributed by atoms with Crippen molar-refractivity contribution in [3.05, 3.63) is 59.6 Å². The van der Waals surface area contributed by atoms with Crippen LogP contribution in [0.5, 0.6) is 0 Å². The molecule has 2 N–H and O–H groups in total. The molecular weight excluding hydrogens is 321 g/mol. The fraction of sp³-hybridized carbons (Fsp3) is 0.368. The Balaban J connectivity index is 2.13. The lowest BCUT2D eigenvalue weighted by Gasteiger charge is -2.26. The van der Waals surface area contributed by atoms with E-state index in [0.717, 1.165) is 6.29 Å². The number of allylic oxidation sites excluding steroid dienone is 7. The predicted molar refractivity (Wildman–Crippen MR) is 93.3 cm³/mol. The third-order valence-electron chi connectivity index (χ3n) is 3.99. The predicted octanol–water partition coefficient (Wildman–Crippen LogP) is 2.86. The van der Waals surface area contributed by atoms with E-state index in [1.54, 1.807) is 36.5 Å². The molecule has 2 rings (SSSR count). The van der Waals surface area contributed by atoms with Crippen LogP contribution < -0.4 is 5.84 Å². The number of hydrogen-bond donors (Lipinski definition) is 1. The summed E-state index contributed by atoms with van der Waals surface area (Å²) in [6.07, 6.45) is 11.7. The molecule has 132 valence electrons. The van der Waals surface area contributed by atoms with Crippen molar-refractivity contribution in [2.75, 3.05) is 6.54 Å². The molecule has 0 bridgehead atoms. The van der Waals surface area contributed by atoms with Crippen molar-refractivity contribution in [2.24, 2.45) is 11.8 Å². The van der Waals surface area contributed by atoms with E-state index >= 15 is 0 Å². The number of hydrogen-bond acceptors (Lipinski definition) is 5. The Kier molecular flexibility index (Phi) is 6.72. The summed E-state index contributed by atoms with van der Waals surface area (Å²) in [5, 5.41) is 10.3. The van der Waals surface area contributed by atoms with Gasteiger partial charge in [-0.05, 0) is 25.0 Å². The Bertz CT molecular complexity index is 685. The van der Waals surface area contributed by atoms with Crippen LogP contribution >= 0.6 is 0 Å². The minimum atomic E-state index is -1.42. The molecule has 0 saturated heterocycles. The third-order valence-corrected chi connectivity index (χ3v) is 3.99. The molecule has 6 heteroatoms. The van der Waals surface area contributed by atoms with E-state index in [0.29, 0.717) is 30.5 Å². The number of carbonyl (C=O) groups is 1. The Morgan fingerprint density at radius 1 is 1.56 bits per heavy atom. The van der Waals surface area contributed by atoms with Crippen molar-refractivity contribution in [2.45, 2.75) is 32.0 Å². The molecule has 0 radical (unpaired) electrons. The summed E-state index contributed by atoms with van der Waals surface area (Å²) in [5.41, 5.74) is 1.01. The average molecular weight is 343 g/mol. The highest BCUT2D eigenvalue weighted by atomic mass is 19.1. The lowest BCUT2D eigenvalue weighted by Crippen LogP contribution is -2.33. The molecule has 0 heterocycles. The fourth-order valence-electron chi connectivity index (χ4n) is 2.51. The molecule has 0 spiro atoms. The molecule has 0 amide bonds. The van der Waals surface area contributed by atoms with Gasteiger partial charge < -0.3 is 4.74 Å². The Morgan fingerprint density at radius 3 is 2.96 bits per heavy atom. The van der Waals surface area contributed by atoms with Crippen LogP contribution in [0.15, 0.2) is 59.6 Å². The topological polar surface area (TPSA) is 79.3 Å². The van der Waals surface area contributed by atoms with Crippen LogP contribution in [0.4, 0.5) is 4.39 Å². The number of hydrazine groups is 1. The summed E-state index contributed by atoms with van der Waals surface area (Å²) in [6.45, 7) is 2.27. The van der Waals surface area contributed by atoms with Crippen molar-refractivity contribution < 1.29 is 13.9 Å². The molecule has 2 aliphatic rings. The maximum Gasteiger partial charge on any atom is 0.203 e. The van der Waals surface area contributed by atoms with Gasteiger partial charge in [-0.15, -0.1) is 0 Å². The summed E-state index contributed by atoms with van der Waals surface area (Å²) < 4.78 is 20.5. The maximum atomic E-state index is 14.7. The van der Waals surface area contributed by atoms with Gasteiger partial charge in [-0.1, -0.05) is 30.4 Å². The second kappa shape index (κ2) is 9.00. The van der Waals surface area contributed by atoms with Gasteiger partial charge >= 0.3 is 0 Å². The number of alkyl halides is 1. The van der Waals surface area contributed by atoms with Crippen molar-refractivity contribution in [3.63, 3.8) is 0 Å². The van der Waals surface area contributed by atoms with Gasteiger partial charge in [0.25, 0.3) is 0 Å². The van der Waals surface area contributed by atoms with Crippen LogP contribution in [-0.2, 0) is 9.53 Å². The van der Waals surface area contributed by atoms with Crippen molar-refractivity contribution in [3.8, 4) is 6.07 Å². The van der Waals surface area contributed by atoms with Gasteiger partial charge in [0.05, 0.1) is 12.0 Å². The standard InChI is InChI=1S/C19H22FN3O2/c1-2-23(22)19(25-17-8-6-14(13-24)7-9-17)11-18(20)16-5-3-4-15(10-16)12-21/h3,5-8,10-11,13,15,17-18H,2,4,9,22H2,1H3. The number of ether oxygens (including phenoxy) is 1. The van der Waals surface area contributed by atoms with Crippen LogP contribution in [-0.4, -0.2) is 30.1 Å². The van der Waals surface area contributed by atoms with Crippen molar-refractivity contribution in [1.82, 2.24) is 5.01 Å². The summed E-state index contributed by atoms with van der Waals surface area (Å²) in [4.78, 5) is 10.7. The van der Waals surface area contributed by atoms with Crippen LogP contribution in [0, 0.1) is 17.2 Å². The van der Waals surface area contributed by atoms with E-state index in [4.69, 9.17) is 15.8 Å². The van der Waals surface area contributed by atoms with Crippen LogP contribution in [0.1, 0.15) is 19.8 Å². The normalized spacial score (nSPS) is 24.0. The SMILES string of the molecule is CCN(N)C(=CC(F)C1=CC(C#N)CC=C1)OC1C=CC(C=O)=CC1. The summed E-state index contributed by atoms with van der Waals surface area (Å²) >= 11 is 0. The molecule has 25 heavy (non-hydrogen) atoms. The molecule has 0 aromatic rings. The smallest absolute Gasteiger partial charge is 0.203 e. The number of nitrogens with two attached hydrogens (primary N) is 1. The van der Waals surface area contributed by atoms with E-state index in [9.17, 15) is 9.18 Å². The molecule has 3 atom stereocenters. The first kappa shape index (κ1) is 18.7. The minimum absolute atomic E-state index is 0.223. The highest BCUT2D eigenvalue weighted by Gasteiger charge is 2.19. The molecule has 0 aromatic carbocycles. The summed E-state index contributed by atoms with van der Waals surface area (Å²) in [7, 11) is 0. The first-order valence-electron chi connectivity index (χ1n) is 8.23. The van der Waals surface area contributed by atoms with Gasteiger partial charge in [0.2, 0.25) is 5.88 Å². The highest BCUT2D eigenvalue weighted by molar-refractivity contribution is 5.77. The van der Waals surface area contributed by atoms with Gasteiger partial charge in [-0.3, -0.25) is 9.80 Å². The molecule has 2 aliphatic carbocycles. The molecule has 0 aliphatic heterocycles. The lowest BCUT2D eigenvalue weighted by atomic mass is 9.95. The number of halogens is 1. The third kappa shape index (κ3) is 5.16. The number of nitriles is 1. The number of carbonyl (C=O) groups excluding carboxylic acids is 1. The van der Waals surface area contributed by atoms with E-state index in [-0.39, 0.29) is 17.9 Å². The molecule has 0 fully saturated rings. The van der Waals surface area contributed by atoms with Crippen molar-refractivity contribution in [1.29, 1.82) is 5.26 Å². The van der Waals surface area contributed by atoms with Gasteiger partial charge in [0, 0.05) is 24.6 Å². The van der Waals surface area contributed by atoms with Gasteiger partial charge in [-0.2, -0.15) is 5.26 Å². The monoisotopic (exact) mass is 343 g/mol. The highest BCUT2D eigenvalue weighted by Crippen LogP contribution is 2.23. The number of aldehydes is 1. The van der Waals surface area contributed by atoms with Gasteiger partial charge in [-0.25, -0.2) is 10.2 Å². The molecule has 0 aromatic heterocycles. The Hall–Kier alpha value is -2.65. The molecule has 5 nitrogen and oxygen atoms in total. The zero-order valence-corrected chi connectivity index (χ0v) is 14.1. The quantitative estimate of drug-likeness (QED) is 0.333. The minimum Gasteiger partial charge on any atom is -0.470 e. The van der Waals surface area contributed by atoms with Gasteiger partial charge in [0.15, 0.2) is 0 Å². The second-order valence-electron chi connectivity index (χ2n) is 5.81. The van der Waals surface area contributed by atoms with Crippen LogP contribution in [0.25, 0.3) is 0 Å². The summed E-state index contributed by atoms with van der Waals surface area (Å²) in [6, 6.07) is 2.13. The largest absolute Gasteiger partial charge is 0.470 e. The number of nitrogens with zero attached hydrogens (tertiary/aromatic N) is 2. The van der Waals surface area contributed by atoms with E-state index < -0.39 is 6.17 Å².